The molecular formula is C11H7Cl2N3O2. The smallest absolute Gasteiger partial charge is 0.285 e. The molecule has 0 fully saturated rings. The summed E-state index contributed by atoms with van der Waals surface area (Å²) in [4.78, 5) is 15.8. The second-order valence-electron chi connectivity index (χ2n) is 3.35. The van der Waals surface area contributed by atoms with Crippen LogP contribution in [-0.2, 0) is 0 Å². The number of carbonyl (C=O) groups excluding carboxylic acids is 1. The van der Waals surface area contributed by atoms with Gasteiger partial charge in [-0.1, -0.05) is 28.4 Å². The second kappa shape index (κ2) is 5.20. The van der Waals surface area contributed by atoms with Gasteiger partial charge in [-0.15, -0.1) is 0 Å². The molecule has 0 saturated heterocycles. The standard InChI is InChI=1S/C11H7Cl2N3O2/c12-7-1-2-8(9(13)5-7)10(15-18)11(17)16-4-3-14-6-16/h1-6,18H/b15-10+. The number of hydrogen-bond acceptors (Lipinski definition) is 4. The van der Waals surface area contributed by atoms with Crippen molar-refractivity contribution in [1.82, 2.24) is 9.55 Å². The normalized spacial score (nSPS) is 11.6. The van der Waals surface area contributed by atoms with Crippen molar-refractivity contribution in [1.29, 1.82) is 0 Å². The molecule has 0 aliphatic carbocycles. The molecule has 5 nitrogen and oxygen atoms in total. The molecule has 0 atom stereocenters. The molecule has 7 heteroatoms. The van der Waals surface area contributed by atoms with E-state index < -0.39 is 5.91 Å². The van der Waals surface area contributed by atoms with Crippen LogP contribution in [0, 0.1) is 0 Å². The second-order valence-corrected chi connectivity index (χ2v) is 4.19. The molecule has 0 radical (unpaired) electrons. The van der Waals surface area contributed by atoms with Crippen LogP contribution in [0.4, 0.5) is 0 Å². The van der Waals surface area contributed by atoms with E-state index in [9.17, 15) is 4.79 Å². The summed E-state index contributed by atoms with van der Waals surface area (Å²) >= 11 is 11.7. The van der Waals surface area contributed by atoms with Crippen LogP contribution in [0.15, 0.2) is 42.1 Å². The molecule has 0 spiro atoms. The lowest BCUT2D eigenvalue weighted by Gasteiger charge is -2.06. The van der Waals surface area contributed by atoms with Crippen molar-refractivity contribution in [2.75, 3.05) is 0 Å². The van der Waals surface area contributed by atoms with Gasteiger partial charge in [-0.3, -0.25) is 9.36 Å². The van der Waals surface area contributed by atoms with Crippen LogP contribution in [0.1, 0.15) is 10.4 Å². The summed E-state index contributed by atoms with van der Waals surface area (Å²) in [7, 11) is 0. The van der Waals surface area contributed by atoms with E-state index >= 15 is 0 Å². The highest BCUT2D eigenvalue weighted by atomic mass is 35.5. The molecule has 1 heterocycles. The molecule has 1 aromatic carbocycles. The fourth-order valence-corrected chi connectivity index (χ4v) is 1.89. The number of hydrogen-bond donors (Lipinski definition) is 1. The van der Waals surface area contributed by atoms with Crippen LogP contribution in [0.3, 0.4) is 0 Å². The third-order valence-electron chi connectivity index (χ3n) is 2.23. The van der Waals surface area contributed by atoms with Gasteiger partial charge in [-0.05, 0) is 18.2 Å². The number of rotatable bonds is 2. The molecule has 2 rings (SSSR count). The van der Waals surface area contributed by atoms with Crippen molar-refractivity contribution in [3.63, 3.8) is 0 Å². The molecule has 18 heavy (non-hydrogen) atoms. The van der Waals surface area contributed by atoms with Crippen molar-refractivity contribution in [3.8, 4) is 0 Å². The Morgan fingerprint density at radius 3 is 2.72 bits per heavy atom. The maximum Gasteiger partial charge on any atom is 0.285 e. The Morgan fingerprint density at radius 1 is 1.39 bits per heavy atom. The third-order valence-corrected chi connectivity index (χ3v) is 2.78. The minimum atomic E-state index is -0.542. The zero-order valence-corrected chi connectivity index (χ0v) is 10.4. The van der Waals surface area contributed by atoms with Crippen LogP contribution in [0.2, 0.25) is 10.0 Å². The fraction of sp³-hybridized carbons (Fsp3) is 0. The first-order valence-corrected chi connectivity index (χ1v) is 5.59. The summed E-state index contributed by atoms with van der Waals surface area (Å²) in [5, 5.41) is 12.6. The van der Waals surface area contributed by atoms with Crippen molar-refractivity contribution >= 4 is 34.8 Å². The summed E-state index contributed by atoms with van der Waals surface area (Å²) < 4.78 is 1.18. The molecular weight excluding hydrogens is 277 g/mol. The molecule has 0 saturated carbocycles. The van der Waals surface area contributed by atoms with E-state index in [4.69, 9.17) is 28.4 Å². The lowest BCUT2D eigenvalue weighted by Crippen LogP contribution is -2.22. The van der Waals surface area contributed by atoms with E-state index in [1.165, 1.54) is 35.4 Å². The van der Waals surface area contributed by atoms with Crippen LogP contribution in [0.25, 0.3) is 0 Å². The van der Waals surface area contributed by atoms with Crippen molar-refractivity contribution in [3.05, 3.63) is 52.5 Å². The number of aromatic nitrogens is 2. The highest BCUT2D eigenvalue weighted by Gasteiger charge is 2.19. The first-order chi connectivity index (χ1) is 8.63. The van der Waals surface area contributed by atoms with Crippen LogP contribution in [-0.4, -0.2) is 26.4 Å². The number of oxime groups is 1. The molecule has 2 aromatic rings. The molecule has 92 valence electrons. The van der Waals surface area contributed by atoms with Gasteiger partial charge in [0.2, 0.25) is 0 Å². The largest absolute Gasteiger partial charge is 0.410 e. The molecule has 0 amide bonds. The Morgan fingerprint density at radius 2 is 2.17 bits per heavy atom. The van der Waals surface area contributed by atoms with E-state index in [-0.39, 0.29) is 10.7 Å². The first kappa shape index (κ1) is 12.6. The van der Waals surface area contributed by atoms with Gasteiger partial charge in [0.1, 0.15) is 6.33 Å². The van der Waals surface area contributed by atoms with E-state index in [0.717, 1.165) is 0 Å². The van der Waals surface area contributed by atoms with Gasteiger partial charge in [0.15, 0.2) is 5.71 Å². The number of imidazole rings is 1. The summed E-state index contributed by atoms with van der Waals surface area (Å²) in [6, 6.07) is 4.52. The van der Waals surface area contributed by atoms with Gasteiger partial charge in [0.25, 0.3) is 5.91 Å². The first-order valence-electron chi connectivity index (χ1n) is 4.83. The van der Waals surface area contributed by atoms with Gasteiger partial charge in [0, 0.05) is 23.0 Å². The molecule has 1 aromatic heterocycles. The zero-order valence-electron chi connectivity index (χ0n) is 8.92. The van der Waals surface area contributed by atoms with Crippen molar-refractivity contribution in [2.24, 2.45) is 5.16 Å². The number of halogens is 2. The Balaban J connectivity index is 2.44. The number of carbonyl (C=O) groups is 1. The maximum atomic E-state index is 12.0. The number of nitrogens with zero attached hydrogens (tertiary/aromatic N) is 3. The Hall–Kier alpha value is -1.85. The van der Waals surface area contributed by atoms with Crippen LogP contribution >= 0.6 is 23.2 Å². The Labute approximate surface area is 112 Å². The minimum Gasteiger partial charge on any atom is -0.410 e. The molecule has 1 N–H and O–H groups in total. The van der Waals surface area contributed by atoms with Crippen molar-refractivity contribution < 1.29 is 10.0 Å². The molecule has 0 unspecified atom stereocenters. The average molecular weight is 284 g/mol. The van der Waals surface area contributed by atoms with Crippen molar-refractivity contribution in [2.45, 2.75) is 0 Å². The lowest BCUT2D eigenvalue weighted by molar-refractivity contribution is 0.0986. The van der Waals surface area contributed by atoms with E-state index in [1.54, 1.807) is 6.07 Å². The van der Waals surface area contributed by atoms with E-state index in [0.29, 0.717) is 10.6 Å². The topological polar surface area (TPSA) is 67.5 Å². The van der Waals surface area contributed by atoms with Crippen LogP contribution in [0.5, 0.6) is 0 Å². The average Bonchev–Trinajstić information content (AvgIpc) is 2.86. The third kappa shape index (κ3) is 2.37. The highest BCUT2D eigenvalue weighted by molar-refractivity contribution is 6.49. The van der Waals surface area contributed by atoms with Gasteiger partial charge >= 0.3 is 0 Å². The number of benzene rings is 1. The minimum absolute atomic E-state index is 0.185. The monoisotopic (exact) mass is 283 g/mol. The van der Waals surface area contributed by atoms with E-state index in [1.807, 2.05) is 0 Å². The highest BCUT2D eigenvalue weighted by Crippen LogP contribution is 2.22. The quantitative estimate of drug-likeness (QED) is 0.523. The predicted molar refractivity (Wildman–Crippen MR) is 67.6 cm³/mol. The molecule has 0 bridgehead atoms. The summed E-state index contributed by atoms with van der Waals surface area (Å²) in [5.41, 5.74) is 0.108. The Bertz CT molecular complexity index is 609. The SMILES string of the molecule is O=C(/C(=N/O)c1ccc(Cl)cc1Cl)n1ccnc1. The molecule has 0 aliphatic rings. The lowest BCUT2D eigenvalue weighted by atomic mass is 10.1. The zero-order chi connectivity index (χ0) is 13.1. The molecule has 0 aliphatic heterocycles. The maximum absolute atomic E-state index is 12.0. The van der Waals surface area contributed by atoms with Gasteiger partial charge < -0.3 is 5.21 Å². The van der Waals surface area contributed by atoms with E-state index in [2.05, 4.69) is 10.1 Å². The van der Waals surface area contributed by atoms with Gasteiger partial charge in [-0.25, -0.2) is 4.98 Å². The Kier molecular flexibility index (Phi) is 3.64. The summed E-state index contributed by atoms with van der Waals surface area (Å²) in [5.74, 6) is -0.542. The fourth-order valence-electron chi connectivity index (χ4n) is 1.39. The van der Waals surface area contributed by atoms with Crippen LogP contribution < -0.4 is 0 Å². The van der Waals surface area contributed by atoms with Gasteiger partial charge in [0.05, 0.1) is 5.02 Å². The summed E-state index contributed by atoms with van der Waals surface area (Å²) in [6.45, 7) is 0. The summed E-state index contributed by atoms with van der Waals surface area (Å²) in [6.07, 6.45) is 4.19. The van der Waals surface area contributed by atoms with Gasteiger partial charge in [-0.2, -0.15) is 0 Å². The predicted octanol–water partition coefficient (Wildman–Crippen LogP) is 2.71.